The van der Waals surface area contributed by atoms with Gasteiger partial charge in [-0.3, -0.25) is 9.78 Å². The van der Waals surface area contributed by atoms with E-state index in [9.17, 15) is 4.79 Å². The summed E-state index contributed by atoms with van der Waals surface area (Å²) < 4.78 is 1.78. The van der Waals surface area contributed by atoms with Gasteiger partial charge in [-0.25, -0.2) is 4.68 Å². The first kappa shape index (κ1) is 11.3. The third kappa shape index (κ3) is 1.57. The van der Waals surface area contributed by atoms with Crippen molar-refractivity contribution < 1.29 is 4.79 Å². The monoisotopic (exact) mass is 267 g/mol. The van der Waals surface area contributed by atoms with Gasteiger partial charge in [0.05, 0.1) is 0 Å². The number of pyridine rings is 1. The number of nitrogens with zero attached hydrogens (tertiary/aromatic N) is 4. The van der Waals surface area contributed by atoms with Crippen LogP contribution in [0.1, 0.15) is 30.9 Å². The molecule has 1 aliphatic heterocycles. The second kappa shape index (κ2) is 4.26. The Morgan fingerprint density at radius 1 is 1.25 bits per heavy atom. The van der Waals surface area contributed by atoms with Crippen LogP contribution in [0.4, 0.5) is 5.95 Å². The van der Waals surface area contributed by atoms with E-state index >= 15 is 0 Å². The predicted octanol–water partition coefficient (Wildman–Crippen LogP) is 1.70. The van der Waals surface area contributed by atoms with Gasteiger partial charge < -0.3 is 5.32 Å². The molecule has 0 spiro atoms. The van der Waals surface area contributed by atoms with Crippen molar-refractivity contribution in [2.24, 2.45) is 0 Å². The summed E-state index contributed by atoms with van der Waals surface area (Å²) in [6.07, 6.45) is 7.37. The number of carbonyl (C=O) groups is 1. The van der Waals surface area contributed by atoms with Gasteiger partial charge in [-0.1, -0.05) is 0 Å². The van der Waals surface area contributed by atoms with E-state index in [4.69, 9.17) is 0 Å². The molecule has 2 aromatic heterocycles. The lowest BCUT2D eigenvalue weighted by molar-refractivity contribution is -0.116. The van der Waals surface area contributed by atoms with E-state index in [-0.39, 0.29) is 11.8 Å². The fraction of sp³-hybridized carbons (Fsp3) is 0.286. The maximum Gasteiger partial charge on any atom is 0.226 e. The Morgan fingerprint density at radius 2 is 2.10 bits per heavy atom. The number of aromatic nitrogens is 4. The average Bonchev–Trinajstić information content (AvgIpc) is 2.94. The highest BCUT2D eigenvalue weighted by atomic mass is 16.1. The van der Waals surface area contributed by atoms with Gasteiger partial charge in [-0.2, -0.15) is 10.1 Å². The van der Waals surface area contributed by atoms with Crippen molar-refractivity contribution in [3.8, 4) is 0 Å². The Hall–Kier alpha value is -2.50. The zero-order chi connectivity index (χ0) is 13.5. The summed E-state index contributed by atoms with van der Waals surface area (Å²) in [7, 11) is 0. The van der Waals surface area contributed by atoms with Gasteiger partial charge in [0, 0.05) is 30.1 Å². The Kier molecular flexibility index (Phi) is 2.42. The largest absolute Gasteiger partial charge is 0.328 e. The summed E-state index contributed by atoms with van der Waals surface area (Å²) in [5.74, 6) is 0.891. The van der Waals surface area contributed by atoms with Crippen LogP contribution in [0.15, 0.2) is 42.1 Å². The fourth-order valence-corrected chi connectivity index (χ4v) is 2.95. The molecule has 4 rings (SSSR count). The molecule has 1 atom stereocenters. The van der Waals surface area contributed by atoms with E-state index in [2.05, 4.69) is 20.4 Å². The summed E-state index contributed by atoms with van der Waals surface area (Å²) >= 11 is 0. The number of anilines is 1. The molecule has 1 aliphatic carbocycles. The smallest absolute Gasteiger partial charge is 0.226 e. The number of nitrogens with one attached hydrogen (secondary N) is 1. The molecule has 0 fully saturated rings. The predicted molar refractivity (Wildman–Crippen MR) is 71.9 cm³/mol. The van der Waals surface area contributed by atoms with E-state index in [1.807, 2.05) is 12.1 Å². The number of hydrogen-bond acceptors (Lipinski definition) is 5. The van der Waals surface area contributed by atoms with Crippen molar-refractivity contribution in [1.82, 2.24) is 19.7 Å². The van der Waals surface area contributed by atoms with Crippen LogP contribution in [0.25, 0.3) is 0 Å². The molecular formula is C14H13N5O. The van der Waals surface area contributed by atoms with E-state index in [1.54, 1.807) is 17.1 Å². The normalized spacial score (nSPS) is 21.2. The van der Waals surface area contributed by atoms with Crippen LogP contribution in [0.3, 0.4) is 0 Å². The Labute approximate surface area is 115 Å². The number of carbonyl (C=O) groups excluding carboxylic acids is 1. The quantitative estimate of drug-likeness (QED) is 0.851. The molecule has 1 N–H and O–H groups in total. The molecule has 6 nitrogen and oxygen atoms in total. The lowest BCUT2D eigenvalue weighted by Gasteiger charge is -2.32. The number of hydrogen-bond donors (Lipinski definition) is 1. The first-order valence-corrected chi connectivity index (χ1v) is 6.67. The maximum absolute atomic E-state index is 12.4. The second-order valence-corrected chi connectivity index (χ2v) is 5.01. The van der Waals surface area contributed by atoms with Crippen molar-refractivity contribution in [3.05, 3.63) is 47.7 Å². The van der Waals surface area contributed by atoms with Gasteiger partial charge in [0.15, 0.2) is 5.78 Å². The minimum atomic E-state index is -0.195. The lowest BCUT2D eigenvalue weighted by atomic mass is 9.86. The Bertz CT molecular complexity index is 703. The van der Waals surface area contributed by atoms with Crippen molar-refractivity contribution in [2.45, 2.75) is 25.3 Å². The van der Waals surface area contributed by atoms with E-state index in [0.717, 1.165) is 29.7 Å². The van der Waals surface area contributed by atoms with E-state index in [1.165, 1.54) is 6.33 Å². The molecule has 0 amide bonds. The molecule has 20 heavy (non-hydrogen) atoms. The van der Waals surface area contributed by atoms with Crippen LogP contribution >= 0.6 is 0 Å². The van der Waals surface area contributed by atoms with Crippen LogP contribution in [-0.4, -0.2) is 25.5 Å². The van der Waals surface area contributed by atoms with Crippen LogP contribution < -0.4 is 5.32 Å². The molecule has 2 aliphatic rings. The summed E-state index contributed by atoms with van der Waals surface area (Å²) in [4.78, 5) is 20.6. The van der Waals surface area contributed by atoms with Gasteiger partial charge in [-0.05, 0) is 30.5 Å². The first-order valence-electron chi connectivity index (χ1n) is 6.67. The highest BCUT2D eigenvalue weighted by molar-refractivity contribution is 5.99. The number of fused-ring (bicyclic) bond motifs is 1. The topological polar surface area (TPSA) is 72.7 Å². The van der Waals surface area contributed by atoms with Crippen molar-refractivity contribution in [1.29, 1.82) is 0 Å². The molecule has 0 saturated carbocycles. The molecule has 0 aromatic carbocycles. The van der Waals surface area contributed by atoms with Crippen LogP contribution in [0.5, 0.6) is 0 Å². The summed E-state index contributed by atoms with van der Waals surface area (Å²) in [5.41, 5.74) is 2.82. The van der Waals surface area contributed by atoms with Crippen molar-refractivity contribution in [3.63, 3.8) is 0 Å². The summed E-state index contributed by atoms with van der Waals surface area (Å²) in [6, 6.07) is 3.65. The molecule has 0 bridgehead atoms. The van der Waals surface area contributed by atoms with E-state index < -0.39 is 0 Å². The fourth-order valence-electron chi connectivity index (χ4n) is 2.95. The second-order valence-electron chi connectivity index (χ2n) is 5.01. The van der Waals surface area contributed by atoms with Crippen LogP contribution in [-0.2, 0) is 4.79 Å². The van der Waals surface area contributed by atoms with E-state index in [0.29, 0.717) is 12.4 Å². The third-order valence-corrected chi connectivity index (χ3v) is 3.83. The van der Waals surface area contributed by atoms with Gasteiger partial charge in [-0.15, -0.1) is 0 Å². The van der Waals surface area contributed by atoms with Crippen LogP contribution in [0, 0.1) is 0 Å². The SMILES string of the molecule is O=C1CCCC2=C1C(c1ccncc1)n1ncnc1N2. The van der Waals surface area contributed by atoms with Crippen molar-refractivity contribution >= 4 is 11.7 Å². The highest BCUT2D eigenvalue weighted by Gasteiger charge is 2.35. The van der Waals surface area contributed by atoms with Gasteiger partial charge in [0.25, 0.3) is 0 Å². The zero-order valence-corrected chi connectivity index (χ0v) is 10.8. The van der Waals surface area contributed by atoms with Gasteiger partial charge in [0.1, 0.15) is 12.4 Å². The number of rotatable bonds is 1. The van der Waals surface area contributed by atoms with Gasteiger partial charge >= 0.3 is 0 Å². The molecular weight excluding hydrogens is 254 g/mol. The number of ketones is 1. The standard InChI is InChI=1S/C14H13N5O/c20-11-3-1-2-10-12(11)13(9-4-6-15-7-5-9)19-14(18-10)16-8-17-19/h4-8,13H,1-3H2,(H,16,17,18). The van der Waals surface area contributed by atoms with Gasteiger partial charge in [0.2, 0.25) is 5.95 Å². The first-order chi connectivity index (χ1) is 9.84. The minimum Gasteiger partial charge on any atom is -0.328 e. The Morgan fingerprint density at radius 3 is 2.95 bits per heavy atom. The Balaban J connectivity index is 1.93. The molecule has 1 unspecified atom stereocenters. The number of Topliss-reactive ketones (excluding diaryl/α,β-unsaturated/α-hetero) is 1. The minimum absolute atomic E-state index is 0.195. The average molecular weight is 267 g/mol. The summed E-state index contributed by atoms with van der Waals surface area (Å²) in [6.45, 7) is 0. The maximum atomic E-state index is 12.4. The highest BCUT2D eigenvalue weighted by Crippen LogP contribution is 2.39. The lowest BCUT2D eigenvalue weighted by Crippen LogP contribution is -2.31. The number of allylic oxidation sites excluding steroid dienone is 2. The molecule has 0 saturated heterocycles. The third-order valence-electron chi connectivity index (χ3n) is 3.83. The molecule has 0 radical (unpaired) electrons. The molecule has 2 aromatic rings. The molecule has 100 valence electrons. The molecule has 3 heterocycles. The summed E-state index contributed by atoms with van der Waals surface area (Å²) in [5, 5.41) is 7.52. The van der Waals surface area contributed by atoms with Crippen molar-refractivity contribution in [2.75, 3.05) is 5.32 Å². The zero-order valence-electron chi connectivity index (χ0n) is 10.8. The molecule has 6 heteroatoms. The van der Waals surface area contributed by atoms with Crippen LogP contribution in [0.2, 0.25) is 0 Å².